The predicted molar refractivity (Wildman–Crippen MR) is 107 cm³/mol. The van der Waals surface area contributed by atoms with Crippen LogP contribution in [0.25, 0.3) is 0 Å². The molecule has 0 aliphatic heterocycles. The summed E-state index contributed by atoms with van der Waals surface area (Å²) in [6.07, 6.45) is 0. The van der Waals surface area contributed by atoms with Crippen molar-refractivity contribution in [3.05, 3.63) is 53.6 Å². The van der Waals surface area contributed by atoms with Crippen LogP contribution in [0.1, 0.15) is 25.0 Å². The molecule has 0 aliphatic rings. The lowest BCUT2D eigenvalue weighted by Crippen LogP contribution is -2.30. The van der Waals surface area contributed by atoms with Crippen LogP contribution < -0.4 is 14.8 Å². The summed E-state index contributed by atoms with van der Waals surface area (Å²) in [4.78, 5) is 0.324. The second-order valence-electron chi connectivity index (χ2n) is 6.01. The highest BCUT2D eigenvalue weighted by atomic mass is 32.2. The van der Waals surface area contributed by atoms with Gasteiger partial charge in [0.1, 0.15) is 11.5 Å². The molecule has 0 spiro atoms. The summed E-state index contributed by atoms with van der Waals surface area (Å²) in [5, 5.41) is 3.35. The minimum atomic E-state index is -3.42. The van der Waals surface area contributed by atoms with E-state index in [2.05, 4.69) is 5.32 Å². The number of rotatable bonds is 10. The van der Waals surface area contributed by atoms with Crippen LogP contribution in [0.15, 0.2) is 47.4 Å². The van der Waals surface area contributed by atoms with Gasteiger partial charge in [-0.2, -0.15) is 4.31 Å². The third kappa shape index (κ3) is 5.22. The van der Waals surface area contributed by atoms with Gasteiger partial charge in [0.05, 0.1) is 19.1 Å². The van der Waals surface area contributed by atoms with Gasteiger partial charge in [-0.3, -0.25) is 0 Å². The maximum Gasteiger partial charge on any atom is 0.243 e. The highest BCUT2D eigenvalue weighted by Gasteiger charge is 2.21. The monoisotopic (exact) mass is 392 g/mol. The van der Waals surface area contributed by atoms with Crippen LogP contribution in [0.3, 0.4) is 0 Å². The maximum absolute atomic E-state index is 12.5. The summed E-state index contributed by atoms with van der Waals surface area (Å²) in [5.74, 6) is 1.57. The molecule has 7 heteroatoms. The van der Waals surface area contributed by atoms with Gasteiger partial charge >= 0.3 is 0 Å². The number of sulfonamides is 1. The molecule has 0 aliphatic carbocycles. The van der Waals surface area contributed by atoms with Gasteiger partial charge in [0, 0.05) is 31.7 Å². The van der Waals surface area contributed by atoms with E-state index in [1.165, 1.54) is 4.31 Å². The number of hydrogen-bond donors (Lipinski definition) is 1. The number of nitrogens with one attached hydrogen (secondary N) is 1. The lowest BCUT2D eigenvalue weighted by molar-refractivity contribution is 0.397. The minimum Gasteiger partial charge on any atom is -0.497 e. The Morgan fingerprint density at radius 2 is 1.59 bits per heavy atom. The van der Waals surface area contributed by atoms with Gasteiger partial charge in [0.25, 0.3) is 0 Å². The average Bonchev–Trinajstić information content (AvgIpc) is 2.69. The molecule has 1 N–H and O–H groups in total. The number of ether oxygens (including phenoxy) is 2. The van der Waals surface area contributed by atoms with E-state index in [9.17, 15) is 8.42 Å². The fourth-order valence-corrected chi connectivity index (χ4v) is 4.31. The Kier molecular flexibility index (Phi) is 7.65. The molecule has 2 aromatic rings. The van der Waals surface area contributed by atoms with Gasteiger partial charge in [0.2, 0.25) is 10.0 Å². The number of benzene rings is 2. The fourth-order valence-electron chi connectivity index (χ4n) is 2.85. The summed E-state index contributed by atoms with van der Waals surface area (Å²) in [7, 11) is -0.145. The van der Waals surface area contributed by atoms with Gasteiger partial charge in [-0.15, -0.1) is 0 Å². The van der Waals surface area contributed by atoms with Crippen molar-refractivity contribution in [2.75, 3.05) is 27.3 Å². The van der Waals surface area contributed by atoms with Gasteiger partial charge in [0.15, 0.2) is 0 Å². The summed E-state index contributed by atoms with van der Waals surface area (Å²) in [5.41, 5.74) is 2.01. The van der Waals surface area contributed by atoms with Crippen molar-refractivity contribution in [3.63, 3.8) is 0 Å². The second-order valence-corrected chi connectivity index (χ2v) is 7.95. The zero-order chi connectivity index (χ0) is 19.9. The third-order valence-electron chi connectivity index (χ3n) is 4.40. The Labute approximate surface area is 162 Å². The fraction of sp³-hybridized carbons (Fsp3) is 0.400. The van der Waals surface area contributed by atoms with Crippen LogP contribution in [-0.2, 0) is 23.1 Å². The first-order valence-electron chi connectivity index (χ1n) is 8.97. The first-order chi connectivity index (χ1) is 13.0. The first-order valence-corrected chi connectivity index (χ1v) is 10.4. The van der Waals surface area contributed by atoms with E-state index in [4.69, 9.17) is 9.47 Å². The van der Waals surface area contributed by atoms with Crippen molar-refractivity contribution in [2.24, 2.45) is 0 Å². The van der Waals surface area contributed by atoms with Crippen molar-refractivity contribution in [1.29, 1.82) is 0 Å². The maximum atomic E-state index is 12.5. The van der Waals surface area contributed by atoms with Crippen LogP contribution in [0, 0.1) is 0 Å². The van der Waals surface area contributed by atoms with Crippen molar-refractivity contribution < 1.29 is 17.9 Å². The van der Waals surface area contributed by atoms with Crippen LogP contribution in [-0.4, -0.2) is 40.0 Å². The molecule has 0 amide bonds. The summed E-state index contributed by atoms with van der Waals surface area (Å²) in [6.45, 7) is 5.83. The molecule has 0 atom stereocenters. The second kappa shape index (κ2) is 9.73. The van der Waals surface area contributed by atoms with Crippen LogP contribution in [0.4, 0.5) is 0 Å². The molecule has 0 aromatic heterocycles. The molecule has 0 radical (unpaired) electrons. The SMILES string of the molecule is CCN(CC)S(=O)(=O)c1ccc(CNCc2cc(OC)ccc2OC)cc1. The van der Waals surface area contributed by atoms with Gasteiger partial charge in [-0.25, -0.2) is 8.42 Å². The standard InChI is InChI=1S/C20H28N2O4S/c1-5-22(6-2)27(23,24)19-10-7-16(8-11-19)14-21-15-17-13-18(25-3)9-12-20(17)26-4/h7-13,21H,5-6,14-15H2,1-4H3. The Hall–Kier alpha value is -2.09. The van der Waals surface area contributed by atoms with Crippen LogP contribution >= 0.6 is 0 Å². The minimum absolute atomic E-state index is 0.324. The lowest BCUT2D eigenvalue weighted by Gasteiger charge is -2.18. The molecule has 0 unspecified atom stereocenters. The molecule has 0 bridgehead atoms. The quantitative estimate of drug-likeness (QED) is 0.673. The molecule has 0 saturated carbocycles. The van der Waals surface area contributed by atoms with Gasteiger partial charge in [-0.1, -0.05) is 26.0 Å². The Bertz CT molecular complexity index is 832. The van der Waals surface area contributed by atoms with Gasteiger partial charge in [-0.05, 0) is 35.9 Å². The Balaban J connectivity index is 2.02. The highest BCUT2D eigenvalue weighted by Crippen LogP contribution is 2.24. The van der Waals surface area contributed by atoms with E-state index >= 15 is 0 Å². The van der Waals surface area contributed by atoms with E-state index in [1.54, 1.807) is 26.4 Å². The first kappa shape index (κ1) is 21.2. The molecular formula is C20H28N2O4S. The molecule has 0 saturated heterocycles. The van der Waals surface area contributed by atoms with Gasteiger partial charge < -0.3 is 14.8 Å². The summed E-state index contributed by atoms with van der Waals surface area (Å²) in [6, 6.07) is 12.7. The molecule has 2 aromatic carbocycles. The molecule has 0 fully saturated rings. The van der Waals surface area contributed by atoms with Crippen LogP contribution in [0.2, 0.25) is 0 Å². The number of hydrogen-bond acceptors (Lipinski definition) is 5. The smallest absolute Gasteiger partial charge is 0.243 e. The van der Waals surface area contributed by atoms with Crippen molar-refractivity contribution >= 4 is 10.0 Å². The van der Waals surface area contributed by atoms with Crippen molar-refractivity contribution in [3.8, 4) is 11.5 Å². The molecule has 0 heterocycles. The lowest BCUT2D eigenvalue weighted by atomic mass is 10.1. The average molecular weight is 393 g/mol. The molecule has 6 nitrogen and oxygen atoms in total. The zero-order valence-corrected chi connectivity index (χ0v) is 17.2. The van der Waals surface area contributed by atoms with E-state index in [0.717, 1.165) is 22.6 Å². The Morgan fingerprint density at radius 3 is 2.15 bits per heavy atom. The normalized spacial score (nSPS) is 11.6. The van der Waals surface area contributed by atoms with E-state index in [1.807, 2.05) is 44.2 Å². The topological polar surface area (TPSA) is 67.9 Å². The van der Waals surface area contributed by atoms with Crippen molar-refractivity contribution in [1.82, 2.24) is 9.62 Å². The van der Waals surface area contributed by atoms with E-state index in [0.29, 0.717) is 31.1 Å². The van der Waals surface area contributed by atoms with Crippen molar-refractivity contribution in [2.45, 2.75) is 31.8 Å². The number of methoxy groups -OCH3 is 2. The summed E-state index contributed by atoms with van der Waals surface area (Å²) < 4.78 is 37.1. The third-order valence-corrected chi connectivity index (χ3v) is 6.46. The highest BCUT2D eigenvalue weighted by molar-refractivity contribution is 7.89. The predicted octanol–water partition coefficient (Wildman–Crippen LogP) is 3.02. The largest absolute Gasteiger partial charge is 0.497 e. The summed E-state index contributed by atoms with van der Waals surface area (Å²) >= 11 is 0. The number of nitrogens with zero attached hydrogens (tertiary/aromatic N) is 1. The van der Waals surface area contributed by atoms with E-state index in [-0.39, 0.29) is 0 Å². The molecular weight excluding hydrogens is 364 g/mol. The zero-order valence-electron chi connectivity index (χ0n) is 16.4. The molecule has 2 rings (SSSR count). The van der Waals surface area contributed by atoms with E-state index < -0.39 is 10.0 Å². The Morgan fingerprint density at radius 1 is 0.926 bits per heavy atom. The molecule has 27 heavy (non-hydrogen) atoms. The van der Waals surface area contributed by atoms with Crippen LogP contribution in [0.5, 0.6) is 11.5 Å². The molecule has 148 valence electrons.